The minimum absolute atomic E-state index is 0.198. The van der Waals surface area contributed by atoms with Crippen LogP contribution >= 0.6 is 0 Å². The maximum Gasteiger partial charge on any atom is 0.219 e. The van der Waals surface area contributed by atoms with Gasteiger partial charge in [-0.25, -0.2) is 0 Å². The van der Waals surface area contributed by atoms with E-state index in [0.717, 1.165) is 32.4 Å². The van der Waals surface area contributed by atoms with Gasteiger partial charge in [0.1, 0.15) is 0 Å². The fraction of sp³-hybridized carbons (Fsp3) is 0.889. The van der Waals surface area contributed by atoms with Gasteiger partial charge in [-0.15, -0.1) is 0 Å². The van der Waals surface area contributed by atoms with E-state index < -0.39 is 0 Å². The first-order valence-electron chi connectivity index (χ1n) is 9.24. The molecule has 140 valence electrons. The van der Waals surface area contributed by atoms with Crippen LogP contribution in [0.1, 0.15) is 91.9 Å². The molecule has 0 radical (unpaired) electrons. The summed E-state index contributed by atoms with van der Waals surface area (Å²) in [5, 5.41) is 2.88. The molecular formula is C18H41N3O2. The summed E-state index contributed by atoms with van der Waals surface area (Å²) < 4.78 is 0. The number of unbranched alkanes of at least 4 members (excludes halogenated alkanes) is 4. The Labute approximate surface area is 144 Å². The van der Waals surface area contributed by atoms with E-state index in [4.69, 9.17) is 11.5 Å². The SMILES string of the molecule is CCCC(N)=O.CCCCCN.CCCCCNC(=O)CCC. The molecule has 0 atom stereocenters. The molecule has 5 N–H and O–H groups in total. The quantitative estimate of drug-likeness (QED) is 0.505. The molecule has 0 saturated carbocycles. The standard InChI is InChI=1S/C9H19NO.C5H13N.C4H9NO/c1-3-5-6-8-10-9(11)7-4-2;1-2-3-4-5-6;1-2-3-4(5)6/h3-8H2,1-2H3,(H,10,11);2-6H2,1H3;2-3H2,1H3,(H2,5,6). The molecule has 0 saturated heterocycles. The molecule has 5 nitrogen and oxygen atoms in total. The van der Waals surface area contributed by atoms with E-state index in [-0.39, 0.29) is 11.8 Å². The number of rotatable bonds is 11. The lowest BCUT2D eigenvalue weighted by molar-refractivity contribution is -0.121. The third-order valence-electron chi connectivity index (χ3n) is 2.88. The maximum absolute atomic E-state index is 10.9. The van der Waals surface area contributed by atoms with E-state index in [1.54, 1.807) is 0 Å². The second kappa shape index (κ2) is 25.8. The van der Waals surface area contributed by atoms with Crippen LogP contribution in [0.15, 0.2) is 0 Å². The third kappa shape index (κ3) is 38.6. The molecule has 2 amide bonds. The van der Waals surface area contributed by atoms with Gasteiger partial charge in [0.05, 0.1) is 0 Å². The first-order valence-corrected chi connectivity index (χ1v) is 9.24. The number of nitrogens with one attached hydrogen (secondary N) is 1. The third-order valence-corrected chi connectivity index (χ3v) is 2.88. The molecule has 5 heteroatoms. The van der Waals surface area contributed by atoms with E-state index in [1.165, 1.54) is 32.1 Å². The Kier molecular flexibility index (Phi) is 30.1. The molecule has 0 aliphatic rings. The van der Waals surface area contributed by atoms with Crippen molar-refractivity contribution in [2.24, 2.45) is 11.5 Å². The van der Waals surface area contributed by atoms with Crippen LogP contribution in [0.2, 0.25) is 0 Å². The first-order chi connectivity index (χ1) is 11.0. The molecule has 0 rings (SSSR count). The molecule has 0 aromatic rings. The Morgan fingerprint density at radius 3 is 1.61 bits per heavy atom. The Morgan fingerprint density at radius 1 is 0.783 bits per heavy atom. The normalized spacial score (nSPS) is 9.09. The van der Waals surface area contributed by atoms with Gasteiger partial charge < -0.3 is 16.8 Å². The zero-order chi connectivity index (χ0) is 18.3. The molecule has 0 heterocycles. The number of carbonyl (C=O) groups is 2. The summed E-state index contributed by atoms with van der Waals surface area (Å²) in [5.41, 5.74) is 9.98. The molecular weight excluding hydrogens is 290 g/mol. The average Bonchev–Trinajstić information content (AvgIpc) is 2.51. The number of hydrogen-bond acceptors (Lipinski definition) is 3. The fourth-order valence-electron chi connectivity index (χ4n) is 1.56. The highest BCUT2D eigenvalue weighted by atomic mass is 16.1. The van der Waals surface area contributed by atoms with Crippen molar-refractivity contribution < 1.29 is 9.59 Å². The van der Waals surface area contributed by atoms with Crippen molar-refractivity contribution in [2.75, 3.05) is 13.1 Å². The van der Waals surface area contributed by atoms with Crippen LogP contribution in [0.5, 0.6) is 0 Å². The molecule has 0 aromatic heterocycles. The summed E-state index contributed by atoms with van der Waals surface area (Å²) in [7, 11) is 0. The first kappa shape index (κ1) is 26.8. The van der Waals surface area contributed by atoms with Gasteiger partial charge in [-0.2, -0.15) is 0 Å². The highest BCUT2D eigenvalue weighted by Crippen LogP contribution is 1.92. The minimum atomic E-state index is -0.211. The number of primary amides is 1. The molecule has 23 heavy (non-hydrogen) atoms. The summed E-state index contributed by atoms with van der Waals surface area (Å²) in [5.74, 6) is -0.0129. The average molecular weight is 332 g/mol. The van der Waals surface area contributed by atoms with Crippen LogP contribution < -0.4 is 16.8 Å². The van der Waals surface area contributed by atoms with Crippen LogP contribution in [0.25, 0.3) is 0 Å². The van der Waals surface area contributed by atoms with Gasteiger partial charge >= 0.3 is 0 Å². The smallest absolute Gasteiger partial charge is 0.219 e. The van der Waals surface area contributed by atoms with Crippen molar-refractivity contribution in [1.29, 1.82) is 0 Å². The second-order valence-electron chi connectivity index (χ2n) is 5.52. The van der Waals surface area contributed by atoms with Gasteiger partial charge in [-0.05, 0) is 32.2 Å². The van der Waals surface area contributed by atoms with Crippen molar-refractivity contribution in [3.05, 3.63) is 0 Å². The topological polar surface area (TPSA) is 98.2 Å². The summed E-state index contributed by atoms with van der Waals surface area (Å²) in [4.78, 5) is 20.7. The summed E-state index contributed by atoms with van der Waals surface area (Å²) in [6.07, 6.45) is 10.3. The van der Waals surface area contributed by atoms with Crippen LogP contribution in [0, 0.1) is 0 Å². The van der Waals surface area contributed by atoms with Crippen molar-refractivity contribution >= 4 is 11.8 Å². The van der Waals surface area contributed by atoms with Crippen LogP contribution in [-0.2, 0) is 9.59 Å². The monoisotopic (exact) mass is 331 g/mol. The summed E-state index contributed by atoms with van der Waals surface area (Å²) in [6.45, 7) is 9.99. The largest absolute Gasteiger partial charge is 0.370 e. The molecule has 0 spiro atoms. The molecule has 0 bridgehead atoms. The molecule has 0 unspecified atom stereocenters. The second-order valence-corrected chi connectivity index (χ2v) is 5.52. The lowest BCUT2D eigenvalue weighted by atomic mass is 10.2. The Bertz CT molecular complexity index is 242. The summed E-state index contributed by atoms with van der Waals surface area (Å²) in [6, 6.07) is 0. The molecule has 0 fully saturated rings. The van der Waals surface area contributed by atoms with Gasteiger partial charge in [0.15, 0.2) is 0 Å². The van der Waals surface area contributed by atoms with E-state index in [2.05, 4.69) is 19.2 Å². The Balaban J connectivity index is -0.000000284. The van der Waals surface area contributed by atoms with E-state index in [0.29, 0.717) is 12.8 Å². The highest BCUT2D eigenvalue weighted by Gasteiger charge is 1.95. The van der Waals surface area contributed by atoms with Crippen LogP contribution in [-0.4, -0.2) is 24.9 Å². The zero-order valence-corrected chi connectivity index (χ0v) is 16.0. The number of hydrogen-bond donors (Lipinski definition) is 3. The van der Waals surface area contributed by atoms with Gasteiger partial charge in [0, 0.05) is 19.4 Å². The predicted octanol–water partition coefficient (Wildman–Crippen LogP) is 3.50. The van der Waals surface area contributed by atoms with Crippen LogP contribution in [0.3, 0.4) is 0 Å². The lowest BCUT2D eigenvalue weighted by Crippen LogP contribution is -2.23. The van der Waals surface area contributed by atoms with E-state index in [1.807, 2.05) is 13.8 Å². The van der Waals surface area contributed by atoms with Crippen LogP contribution in [0.4, 0.5) is 0 Å². The molecule has 0 aliphatic heterocycles. The van der Waals surface area contributed by atoms with Gasteiger partial charge in [-0.3, -0.25) is 9.59 Å². The lowest BCUT2D eigenvalue weighted by Gasteiger charge is -2.02. The Morgan fingerprint density at radius 2 is 1.30 bits per heavy atom. The highest BCUT2D eigenvalue weighted by molar-refractivity contribution is 5.75. The summed E-state index contributed by atoms with van der Waals surface area (Å²) >= 11 is 0. The van der Waals surface area contributed by atoms with Crippen molar-refractivity contribution in [2.45, 2.75) is 91.9 Å². The van der Waals surface area contributed by atoms with Gasteiger partial charge in [-0.1, -0.05) is 53.4 Å². The van der Waals surface area contributed by atoms with Crippen molar-refractivity contribution in [3.8, 4) is 0 Å². The number of nitrogens with two attached hydrogens (primary N) is 2. The number of carbonyl (C=O) groups excluding carboxylic acids is 2. The minimum Gasteiger partial charge on any atom is -0.370 e. The van der Waals surface area contributed by atoms with Gasteiger partial charge in [0.25, 0.3) is 0 Å². The van der Waals surface area contributed by atoms with Crippen molar-refractivity contribution in [1.82, 2.24) is 5.32 Å². The molecule has 0 aliphatic carbocycles. The van der Waals surface area contributed by atoms with Crippen molar-refractivity contribution in [3.63, 3.8) is 0 Å². The number of amides is 2. The maximum atomic E-state index is 10.9. The van der Waals surface area contributed by atoms with E-state index in [9.17, 15) is 9.59 Å². The van der Waals surface area contributed by atoms with E-state index >= 15 is 0 Å². The molecule has 0 aromatic carbocycles. The Hall–Kier alpha value is -1.10. The zero-order valence-electron chi connectivity index (χ0n) is 16.0. The predicted molar refractivity (Wildman–Crippen MR) is 100 cm³/mol. The van der Waals surface area contributed by atoms with Gasteiger partial charge in [0.2, 0.25) is 11.8 Å². The fourth-order valence-corrected chi connectivity index (χ4v) is 1.56.